The first-order valence-electron chi connectivity index (χ1n) is 12.1. The van der Waals surface area contributed by atoms with Gasteiger partial charge in [0.2, 0.25) is 5.91 Å². The Kier molecular flexibility index (Phi) is 6.72. The predicted molar refractivity (Wildman–Crippen MR) is 139 cm³/mol. The first kappa shape index (κ1) is 23.4. The van der Waals surface area contributed by atoms with Gasteiger partial charge < -0.3 is 4.90 Å². The number of thioether (sulfide) groups is 1. The molecule has 4 aromatic rings. The fourth-order valence-electron chi connectivity index (χ4n) is 4.53. The maximum Gasteiger partial charge on any atom is 0.265 e. The molecule has 3 heterocycles. The molecule has 1 amide bonds. The number of carbonyl (C=O) groups excluding carboxylic acids is 1. The summed E-state index contributed by atoms with van der Waals surface area (Å²) in [5, 5.41) is 5.61. The van der Waals surface area contributed by atoms with Crippen molar-refractivity contribution in [3.8, 4) is 5.69 Å². The second kappa shape index (κ2) is 10.1. The Balaban J connectivity index is 1.43. The van der Waals surface area contributed by atoms with E-state index < -0.39 is 0 Å². The average Bonchev–Trinajstić information content (AvgIpc) is 3.47. The fourth-order valence-corrected chi connectivity index (χ4v) is 5.66. The number of hydrogen-bond donors (Lipinski definition) is 0. The van der Waals surface area contributed by atoms with Gasteiger partial charge in [-0.1, -0.05) is 73.6 Å². The number of aromatic nitrogens is 4. The zero-order valence-electron chi connectivity index (χ0n) is 20.1. The molecule has 2 aromatic heterocycles. The van der Waals surface area contributed by atoms with E-state index in [1.165, 1.54) is 11.8 Å². The van der Waals surface area contributed by atoms with Crippen molar-refractivity contribution in [1.29, 1.82) is 0 Å². The lowest BCUT2D eigenvalue weighted by atomic mass is 10.1. The van der Waals surface area contributed by atoms with Crippen LogP contribution in [0.1, 0.15) is 43.4 Å². The van der Waals surface area contributed by atoms with Gasteiger partial charge in [-0.2, -0.15) is 5.10 Å². The summed E-state index contributed by atoms with van der Waals surface area (Å²) in [5.41, 5.74) is 3.50. The van der Waals surface area contributed by atoms with Crippen LogP contribution in [0, 0.1) is 6.92 Å². The van der Waals surface area contributed by atoms with Gasteiger partial charge in [0.15, 0.2) is 10.8 Å². The molecule has 5 rings (SSSR count). The molecule has 1 atom stereocenters. The van der Waals surface area contributed by atoms with Crippen LogP contribution < -0.4 is 5.56 Å². The molecule has 180 valence electrons. The number of nitrogens with zero attached hydrogens (tertiary/aromatic N) is 5. The third-order valence-electron chi connectivity index (χ3n) is 6.48. The molecule has 7 nitrogen and oxygen atoms in total. The highest BCUT2D eigenvalue weighted by Gasteiger charge is 2.31. The summed E-state index contributed by atoms with van der Waals surface area (Å²) >= 11 is 1.53. The Labute approximate surface area is 208 Å². The summed E-state index contributed by atoms with van der Waals surface area (Å²) in [4.78, 5) is 33.6. The van der Waals surface area contributed by atoms with Crippen molar-refractivity contribution >= 4 is 28.7 Å². The summed E-state index contributed by atoms with van der Waals surface area (Å²) in [5.74, 6) is 0.731. The third-order valence-corrected chi connectivity index (χ3v) is 7.57. The van der Waals surface area contributed by atoms with Gasteiger partial charge in [0.25, 0.3) is 5.56 Å². The number of amides is 1. The molecule has 0 N–H and O–H groups in total. The third kappa shape index (κ3) is 4.62. The van der Waals surface area contributed by atoms with E-state index in [1.54, 1.807) is 15.4 Å². The van der Waals surface area contributed by atoms with E-state index in [0.717, 1.165) is 29.7 Å². The molecule has 0 fully saturated rings. The second-order valence-corrected chi connectivity index (χ2v) is 9.96. The Bertz CT molecular complexity index is 1410. The molecular formula is C27H29N5O2S. The number of para-hydroxylation sites is 1. The normalized spacial score (nSPS) is 14.9. The second-order valence-electron chi connectivity index (χ2n) is 8.97. The van der Waals surface area contributed by atoms with Crippen molar-refractivity contribution in [2.24, 2.45) is 0 Å². The van der Waals surface area contributed by atoms with Crippen molar-refractivity contribution in [2.45, 2.75) is 50.9 Å². The molecule has 1 aliphatic heterocycles. The number of unbranched alkanes of at least 4 members (excludes halogenated alkanes) is 1. The monoisotopic (exact) mass is 487 g/mol. The van der Waals surface area contributed by atoms with Gasteiger partial charge in [-0.15, -0.1) is 0 Å². The van der Waals surface area contributed by atoms with Crippen molar-refractivity contribution in [3.05, 3.63) is 82.3 Å². The van der Waals surface area contributed by atoms with Gasteiger partial charge >= 0.3 is 0 Å². The first-order chi connectivity index (χ1) is 17.1. The van der Waals surface area contributed by atoms with Crippen molar-refractivity contribution < 1.29 is 4.79 Å². The van der Waals surface area contributed by atoms with Crippen LogP contribution in [0.15, 0.2) is 70.7 Å². The van der Waals surface area contributed by atoms with Gasteiger partial charge in [-0.3, -0.25) is 14.2 Å². The summed E-state index contributed by atoms with van der Waals surface area (Å²) in [6, 6.07) is 17.8. The number of rotatable bonds is 8. The van der Waals surface area contributed by atoms with Crippen LogP contribution in [0.4, 0.5) is 0 Å². The topological polar surface area (TPSA) is 73.0 Å². The number of benzene rings is 2. The van der Waals surface area contributed by atoms with Crippen LogP contribution in [-0.2, 0) is 11.3 Å². The molecular weight excluding hydrogens is 458 g/mol. The van der Waals surface area contributed by atoms with Crippen molar-refractivity contribution in [2.75, 3.05) is 12.3 Å². The molecule has 1 unspecified atom stereocenters. The van der Waals surface area contributed by atoms with Crippen LogP contribution in [-0.4, -0.2) is 42.4 Å². The summed E-state index contributed by atoms with van der Waals surface area (Å²) in [6.07, 6.45) is 3.85. The fraction of sp³-hybridized carbons (Fsp3) is 0.333. The number of aryl methyl sites for hydroxylation is 1. The highest BCUT2D eigenvalue weighted by Crippen LogP contribution is 2.34. The summed E-state index contributed by atoms with van der Waals surface area (Å²) in [6.45, 7) is 5.44. The highest BCUT2D eigenvalue weighted by atomic mass is 32.2. The van der Waals surface area contributed by atoms with Gasteiger partial charge in [0.05, 0.1) is 17.9 Å². The lowest BCUT2D eigenvalue weighted by Crippen LogP contribution is -2.35. The standard InChI is InChI=1S/C27H29N5O2S/c1-3-4-14-30(17-20-11-6-5-7-12-20)24(33)15-21-18-35-27-29-25-22(26(34)31(21)27)16-28-32(25)23-13-9-8-10-19(23)2/h5-13,16,21H,3-4,14-15,17-18H2,1-2H3. The molecule has 0 saturated heterocycles. The maximum atomic E-state index is 13.5. The van der Waals surface area contributed by atoms with E-state index in [1.807, 2.05) is 66.4 Å². The molecule has 0 aliphatic carbocycles. The molecule has 0 radical (unpaired) electrons. The van der Waals surface area contributed by atoms with Crippen LogP contribution in [0.5, 0.6) is 0 Å². The highest BCUT2D eigenvalue weighted by molar-refractivity contribution is 7.99. The average molecular weight is 488 g/mol. The smallest absolute Gasteiger partial charge is 0.265 e. The largest absolute Gasteiger partial charge is 0.338 e. The lowest BCUT2D eigenvalue weighted by molar-refractivity contribution is -0.132. The van der Waals surface area contributed by atoms with Gasteiger partial charge in [0.1, 0.15) is 5.39 Å². The molecule has 0 spiro atoms. The minimum atomic E-state index is -0.214. The van der Waals surface area contributed by atoms with Crippen LogP contribution in [0.25, 0.3) is 16.7 Å². The predicted octanol–water partition coefficient (Wildman–Crippen LogP) is 4.76. The first-order valence-corrected chi connectivity index (χ1v) is 13.1. The van der Waals surface area contributed by atoms with Gasteiger partial charge in [0, 0.05) is 25.3 Å². The summed E-state index contributed by atoms with van der Waals surface area (Å²) < 4.78 is 3.44. The molecule has 8 heteroatoms. The zero-order valence-corrected chi connectivity index (χ0v) is 20.9. The molecule has 0 saturated carbocycles. The lowest BCUT2D eigenvalue weighted by Gasteiger charge is -2.24. The van der Waals surface area contributed by atoms with E-state index in [0.29, 0.717) is 35.0 Å². The Hall–Kier alpha value is -3.39. The Morgan fingerprint density at radius 2 is 1.91 bits per heavy atom. The molecule has 35 heavy (non-hydrogen) atoms. The van der Waals surface area contributed by atoms with E-state index in [4.69, 9.17) is 4.98 Å². The molecule has 2 aromatic carbocycles. The van der Waals surface area contributed by atoms with Crippen molar-refractivity contribution in [1.82, 2.24) is 24.2 Å². The van der Waals surface area contributed by atoms with Crippen molar-refractivity contribution in [3.63, 3.8) is 0 Å². The quantitative estimate of drug-likeness (QED) is 0.335. The molecule has 1 aliphatic rings. The van der Waals surface area contributed by atoms with E-state index in [2.05, 4.69) is 12.0 Å². The number of carbonyl (C=O) groups is 1. The van der Waals surface area contributed by atoms with E-state index in [-0.39, 0.29) is 23.9 Å². The van der Waals surface area contributed by atoms with Gasteiger partial charge in [-0.25, -0.2) is 9.67 Å². The van der Waals surface area contributed by atoms with Crippen LogP contribution in [0.2, 0.25) is 0 Å². The Morgan fingerprint density at radius 3 is 2.69 bits per heavy atom. The Morgan fingerprint density at radius 1 is 1.14 bits per heavy atom. The van der Waals surface area contributed by atoms with Crippen LogP contribution in [0.3, 0.4) is 0 Å². The van der Waals surface area contributed by atoms with E-state index in [9.17, 15) is 9.59 Å². The maximum absolute atomic E-state index is 13.5. The minimum Gasteiger partial charge on any atom is -0.338 e. The minimum absolute atomic E-state index is 0.0726. The molecule has 0 bridgehead atoms. The zero-order chi connectivity index (χ0) is 24.4. The number of fused-ring (bicyclic) bond motifs is 2. The van der Waals surface area contributed by atoms with Crippen LogP contribution >= 0.6 is 11.8 Å². The van der Waals surface area contributed by atoms with E-state index >= 15 is 0 Å². The number of hydrogen-bond acceptors (Lipinski definition) is 5. The SMILES string of the molecule is CCCCN(Cc1ccccc1)C(=O)CC1CSc2nc3c(cnn3-c3ccccc3C)c(=O)n21. The summed E-state index contributed by atoms with van der Waals surface area (Å²) in [7, 11) is 0. The van der Waals surface area contributed by atoms with Gasteiger partial charge in [-0.05, 0) is 30.5 Å².